The number of hydrogen-bond donors (Lipinski definition) is 1. The molecular weight excluding hydrogens is 410 g/mol. The molecule has 166 valence electrons. The number of anilines is 3. The third kappa shape index (κ3) is 4.14. The number of aryl methyl sites for hydroxylation is 1. The zero-order valence-corrected chi connectivity index (χ0v) is 18.8. The molecule has 0 bridgehead atoms. The summed E-state index contributed by atoms with van der Waals surface area (Å²) < 4.78 is 0. The van der Waals surface area contributed by atoms with Crippen molar-refractivity contribution in [3.63, 3.8) is 0 Å². The Morgan fingerprint density at radius 3 is 2.00 bits per heavy atom. The van der Waals surface area contributed by atoms with Gasteiger partial charge in [-0.05, 0) is 68.1 Å². The van der Waals surface area contributed by atoms with Crippen LogP contribution in [0, 0.1) is 6.92 Å². The molecule has 3 aromatic rings. The van der Waals surface area contributed by atoms with Crippen LogP contribution < -0.4 is 15.1 Å². The van der Waals surface area contributed by atoms with Crippen molar-refractivity contribution in [2.75, 3.05) is 28.2 Å². The van der Waals surface area contributed by atoms with E-state index in [2.05, 4.69) is 22.3 Å². The van der Waals surface area contributed by atoms with E-state index in [4.69, 9.17) is 0 Å². The lowest BCUT2D eigenvalue weighted by molar-refractivity contribution is -0.120. The van der Waals surface area contributed by atoms with Crippen LogP contribution >= 0.6 is 0 Å². The average Bonchev–Trinajstić information content (AvgIpc) is 3.10. The van der Waals surface area contributed by atoms with E-state index in [0.29, 0.717) is 17.0 Å². The summed E-state index contributed by atoms with van der Waals surface area (Å²) >= 11 is 0. The molecule has 0 aromatic heterocycles. The maximum Gasteiger partial charge on any atom is 0.282 e. The highest BCUT2D eigenvalue weighted by Crippen LogP contribution is 2.34. The second kappa shape index (κ2) is 8.94. The van der Waals surface area contributed by atoms with Gasteiger partial charge in [-0.25, -0.2) is 4.90 Å². The maximum absolute atomic E-state index is 13.5. The molecular formula is C28H27N3O2. The lowest BCUT2D eigenvalue weighted by atomic mass is 10.0. The van der Waals surface area contributed by atoms with Crippen molar-refractivity contribution < 1.29 is 9.59 Å². The molecule has 3 aromatic carbocycles. The Kier molecular flexibility index (Phi) is 5.69. The van der Waals surface area contributed by atoms with Crippen LogP contribution in [0.3, 0.4) is 0 Å². The molecule has 33 heavy (non-hydrogen) atoms. The molecule has 0 spiro atoms. The number of carbonyl (C=O) groups excluding carboxylic acids is 2. The Morgan fingerprint density at radius 1 is 0.697 bits per heavy atom. The van der Waals surface area contributed by atoms with Crippen molar-refractivity contribution in [1.29, 1.82) is 0 Å². The van der Waals surface area contributed by atoms with E-state index in [0.717, 1.165) is 29.9 Å². The molecule has 1 saturated heterocycles. The van der Waals surface area contributed by atoms with E-state index in [1.165, 1.54) is 29.8 Å². The summed E-state index contributed by atoms with van der Waals surface area (Å²) in [5.41, 5.74) is 5.03. The fraction of sp³-hybridized carbons (Fsp3) is 0.214. The van der Waals surface area contributed by atoms with Gasteiger partial charge in [-0.3, -0.25) is 9.59 Å². The first-order chi connectivity index (χ1) is 16.1. The number of hydrogen-bond acceptors (Lipinski definition) is 4. The topological polar surface area (TPSA) is 52.7 Å². The number of carbonyl (C=O) groups is 2. The third-order valence-corrected chi connectivity index (χ3v) is 6.30. The van der Waals surface area contributed by atoms with E-state index in [1.54, 1.807) is 0 Å². The lowest BCUT2D eigenvalue weighted by Crippen LogP contribution is -2.32. The summed E-state index contributed by atoms with van der Waals surface area (Å²) in [6.45, 7) is 4.13. The van der Waals surface area contributed by atoms with Gasteiger partial charge in [0.25, 0.3) is 11.8 Å². The van der Waals surface area contributed by atoms with Crippen LogP contribution in [-0.4, -0.2) is 24.9 Å². The van der Waals surface area contributed by atoms with Gasteiger partial charge in [0.1, 0.15) is 5.70 Å². The second-order valence-corrected chi connectivity index (χ2v) is 8.62. The molecule has 2 aliphatic rings. The van der Waals surface area contributed by atoms with E-state index in [1.807, 2.05) is 73.7 Å². The fourth-order valence-electron chi connectivity index (χ4n) is 4.50. The molecule has 2 amide bonds. The summed E-state index contributed by atoms with van der Waals surface area (Å²) in [7, 11) is 0. The number of amides is 2. The molecule has 5 nitrogen and oxygen atoms in total. The summed E-state index contributed by atoms with van der Waals surface area (Å²) in [6.07, 6.45) is 3.73. The molecule has 5 rings (SSSR count). The van der Waals surface area contributed by atoms with Crippen molar-refractivity contribution in [2.24, 2.45) is 0 Å². The smallest absolute Gasteiger partial charge is 0.282 e. The average molecular weight is 438 g/mol. The van der Waals surface area contributed by atoms with Crippen LogP contribution in [0.15, 0.2) is 84.6 Å². The minimum atomic E-state index is -0.345. The van der Waals surface area contributed by atoms with Crippen LogP contribution in [0.25, 0.3) is 5.57 Å². The van der Waals surface area contributed by atoms with Crippen LogP contribution in [0.5, 0.6) is 0 Å². The monoisotopic (exact) mass is 437 g/mol. The van der Waals surface area contributed by atoms with Crippen molar-refractivity contribution in [2.45, 2.75) is 26.2 Å². The van der Waals surface area contributed by atoms with Crippen molar-refractivity contribution in [1.82, 2.24) is 0 Å². The van der Waals surface area contributed by atoms with E-state index < -0.39 is 0 Å². The van der Waals surface area contributed by atoms with E-state index in [9.17, 15) is 9.59 Å². The highest BCUT2D eigenvalue weighted by Gasteiger charge is 2.40. The molecule has 2 heterocycles. The van der Waals surface area contributed by atoms with E-state index in [-0.39, 0.29) is 11.8 Å². The summed E-state index contributed by atoms with van der Waals surface area (Å²) in [5.74, 6) is -0.662. The number of nitrogens with zero attached hydrogens (tertiary/aromatic N) is 2. The lowest BCUT2D eigenvalue weighted by Gasteiger charge is -2.28. The molecule has 0 atom stereocenters. The van der Waals surface area contributed by atoms with Crippen molar-refractivity contribution in [3.8, 4) is 0 Å². The van der Waals surface area contributed by atoms with Crippen LogP contribution in [0.1, 0.15) is 30.4 Å². The van der Waals surface area contributed by atoms with Gasteiger partial charge in [-0.2, -0.15) is 0 Å². The van der Waals surface area contributed by atoms with Crippen molar-refractivity contribution >= 4 is 34.4 Å². The predicted octanol–water partition coefficient (Wildman–Crippen LogP) is 5.38. The highest BCUT2D eigenvalue weighted by atomic mass is 16.2. The molecule has 5 heteroatoms. The molecule has 1 fully saturated rings. The number of nitrogens with one attached hydrogen (secondary N) is 1. The quantitative estimate of drug-likeness (QED) is 0.545. The van der Waals surface area contributed by atoms with Gasteiger partial charge in [-0.15, -0.1) is 0 Å². The first-order valence-electron chi connectivity index (χ1n) is 11.5. The Bertz CT molecular complexity index is 1190. The Hall–Kier alpha value is -3.86. The van der Waals surface area contributed by atoms with E-state index >= 15 is 0 Å². The summed E-state index contributed by atoms with van der Waals surface area (Å²) in [4.78, 5) is 30.6. The highest BCUT2D eigenvalue weighted by molar-refractivity contribution is 6.46. The van der Waals surface area contributed by atoms with Gasteiger partial charge < -0.3 is 10.2 Å². The molecule has 0 unspecified atom stereocenters. The summed E-state index contributed by atoms with van der Waals surface area (Å²) in [5, 5.41) is 3.26. The molecule has 2 aliphatic heterocycles. The number of piperidine rings is 1. The summed E-state index contributed by atoms with van der Waals surface area (Å²) in [6, 6.07) is 24.9. The standard InChI is InChI=1S/C28H27N3O2/c1-20-10-14-24(15-11-20)31-27(32)25(21-8-4-2-5-9-21)26(28(31)33)29-22-12-16-23(17-13-22)30-18-6-3-7-19-30/h2,4-5,8-17,29H,3,6-7,18-19H2,1H3. The fourth-order valence-corrected chi connectivity index (χ4v) is 4.50. The molecule has 1 N–H and O–H groups in total. The van der Waals surface area contributed by atoms with Crippen LogP contribution in [0.2, 0.25) is 0 Å². The first-order valence-corrected chi connectivity index (χ1v) is 11.5. The minimum Gasteiger partial charge on any atom is -0.372 e. The normalized spacial score (nSPS) is 16.5. The Morgan fingerprint density at radius 2 is 1.33 bits per heavy atom. The van der Waals surface area contributed by atoms with Crippen LogP contribution in [0.4, 0.5) is 17.1 Å². The first kappa shape index (κ1) is 21.0. The SMILES string of the molecule is Cc1ccc(N2C(=O)C(Nc3ccc(N4CCCCC4)cc3)=C(c3ccccc3)C2=O)cc1. The zero-order chi connectivity index (χ0) is 22.8. The van der Waals surface area contributed by atoms with Gasteiger partial charge in [0.15, 0.2) is 0 Å². The zero-order valence-electron chi connectivity index (χ0n) is 18.8. The number of benzene rings is 3. The third-order valence-electron chi connectivity index (χ3n) is 6.30. The number of imide groups is 1. The van der Waals surface area contributed by atoms with Crippen LogP contribution in [-0.2, 0) is 9.59 Å². The molecule has 0 saturated carbocycles. The predicted molar refractivity (Wildman–Crippen MR) is 133 cm³/mol. The maximum atomic E-state index is 13.5. The Balaban J connectivity index is 1.48. The van der Waals surface area contributed by atoms with Crippen molar-refractivity contribution in [3.05, 3.63) is 95.7 Å². The van der Waals surface area contributed by atoms with Gasteiger partial charge in [0.05, 0.1) is 11.3 Å². The Labute approximate surface area is 194 Å². The van der Waals surface area contributed by atoms with Gasteiger partial charge in [-0.1, -0.05) is 48.0 Å². The minimum absolute atomic E-state index is 0.303. The van der Waals surface area contributed by atoms with Gasteiger partial charge in [0.2, 0.25) is 0 Å². The number of rotatable bonds is 5. The second-order valence-electron chi connectivity index (χ2n) is 8.62. The largest absolute Gasteiger partial charge is 0.372 e. The molecule has 0 radical (unpaired) electrons. The van der Waals surface area contributed by atoms with Gasteiger partial charge >= 0.3 is 0 Å². The molecule has 0 aliphatic carbocycles. The van der Waals surface area contributed by atoms with Gasteiger partial charge in [0, 0.05) is 24.5 Å².